The van der Waals surface area contributed by atoms with Crippen molar-refractivity contribution in [3.05, 3.63) is 102 Å². The zero-order valence-corrected chi connectivity index (χ0v) is 27.1. The van der Waals surface area contributed by atoms with Crippen molar-refractivity contribution in [2.45, 2.75) is 78.1 Å². The van der Waals surface area contributed by atoms with E-state index in [1.54, 1.807) is 0 Å². The van der Waals surface area contributed by atoms with E-state index in [4.69, 9.17) is 20.8 Å². The van der Waals surface area contributed by atoms with E-state index in [0.29, 0.717) is 5.88 Å². The molecule has 2 aromatic rings. The summed E-state index contributed by atoms with van der Waals surface area (Å²) in [4.78, 5) is 12.2. The molecule has 1 aliphatic rings. The van der Waals surface area contributed by atoms with Crippen LogP contribution in [-0.2, 0) is 9.53 Å². The molecule has 0 saturated carbocycles. The highest BCUT2D eigenvalue weighted by Crippen LogP contribution is 2.41. The number of hydrogen-bond acceptors (Lipinski definition) is 3. The standard InChI is InChI=1S/C35H45ClO3Si/c1-34(2,3)38-32(37)23-16-26-14-17-28(18-15-26)33(31(24-25-36)27-12-10-9-11-13-27)29-19-21-30(22-20-29)39-40(7,8)35(4,5)6/h9-17,19-23,28H,18,24-25H2,1-8H3. The minimum absolute atomic E-state index is 0.131. The number of esters is 1. The lowest BCUT2D eigenvalue weighted by Gasteiger charge is -2.36. The molecule has 0 radical (unpaired) electrons. The second-order valence-electron chi connectivity index (χ2n) is 12.9. The van der Waals surface area contributed by atoms with Crippen LogP contribution in [0.15, 0.2) is 90.6 Å². The molecule has 1 unspecified atom stereocenters. The number of hydrogen-bond donors (Lipinski definition) is 0. The maximum Gasteiger partial charge on any atom is 0.331 e. The van der Waals surface area contributed by atoms with Gasteiger partial charge in [0.1, 0.15) is 11.4 Å². The minimum Gasteiger partial charge on any atom is -0.544 e. The molecule has 1 atom stereocenters. The topological polar surface area (TPSA) is 35.5 Å². The molecule has 1 aliphatic carbocycles. The molecular weight excluding hydrogens is 532 g/mol. The Hall–Kier alpha value is -2.82. The van der Waals surface area contributed by atoms with Gasteiger partial charge in [0.25, 0.3) is 0 Å². The van der Waals surface area contributed by atoms with E-state index >= 15 is 0 Å². The molecular formula is C35H45ClO3Si. The largest absolute Gasteiger partial charge is 0.544 e. The molecule has 0 aliphatic heterocycles. The summed E-state index contributed by atoms with van der Waals surface area (Å²) >= 11 is 6.36. The predicted molar refractivity (Wildman–Crippen MR) is 173 cm³/mol. The Morgan fingerprint density at radius 2 is 1.62 bits per heavy atom. The van der Waals surface area contributed by atoms with Crippen molar-refractivity contribution in [3.8, 4) is 5.75 Å². The van der Waals surface area contributed by atoms with Gasteiger partial charge in [-0.05, 0) is 97.8 Å². The molecule has 0 fully saturated rings. The van der Waals surface area contributed by atoms with Crippen molar-refractivity contribution in [2.24, 2.45) is 5.92 Å². The first-order valence-corrected chi connectivity index (χ1v) is 17.6. The van der Waals surface area contributed by atoms with Crippen molar-refractivity contribution < 1.29 is 14.0 Å². The average molecular weight is 577 g/mol. The smallest absolute Gasteiger partial charge is 0.331 e. The van der Waals surface area contributed by atoms with Gasteiger partial charge in [0, 0.05) is 17.9 Å². The fourth-order valence-electron chi connectivity index (χ4n) is 4.41. The van der Waals surface area contributed by atoms with Crippen molar-refractivity contribution in [1.29, 1.82) is 0 Å². The fraction of sp³-hybridized carbons (Fsp3) is 0.400. The van der Waals surface area contributed by atoms with Gasteiger partial charge >= 0.3 is 5.97 Å². The van der Waals surface area contributed by atoms with Gasteiger partial charge in [-0.15, -0.1) is 11.6 Å². The highest BCUT2D eigenvalue weighted by molar-refractivity contribution is 6.74. The SMILES string of the molecule is CC(C)(C)OC(=O)C=CC1=CCC(C(=C(CCCl)c2ccccc2)c2ccc(O[Si](C)(C)C(C)(C)C)cc2)C=C1. The number of alkyl halides is 1. The molecule has 3 rings (SSSR count). The molecule has 5 heteroatoms. The molecule has 0 amide bonds. The predicted octanol–water partition coefficient (Wildman–Crippen LogP) is 10.0. The summed E-state index contributed by atoms with van der Waals surface area (Å²) in [6.45, 7) is 16.9. The number of carbonyl (C=O) groups excluding carboxylic acids is 1. The van der Waals surface area contributed by atoms with Crippen LogP contribution >= 0.6 is 11.6 Å². The maximum atomic E-state index is 12.2. The quantitative estimate of drug-likeness (QED) is 0.0979. The Labute approximate surface area is 247 Å². The van der Waals surface area contributed by atoms with Crippen LogP contribution in [0.5, 0.6) is 5.75 Å². The van der Waals surface area contributed by atoms with Crippen LogP contribution < -0.4 is 4.43 Å². The normalized spacial score (nSPS) is 16.9. The Morgan fingerprint density at radius 1 is 0.975 bits per heavy atom. The second kappa shape index (κ2) is 13.2. The zero-order valence-electron chi connectivity index (χ0n) is 25.4. The number of halogens is 1. The van der Waals surface area contributed by atoms with Crippen molar-refractivity contribution in [2.75, 3.05) is 5.88 Å². The van der Waals surface area contributed by atoms with E-state index in [1.807, 2.05) is 32.9 Å². The third-order valence-electron chi connectivity index (χ3n) is 7.45. The van der Waals surface area contributed by atoms with Crippen LogP contribution in [0.2, 0.25) is 18.1 Å². The Bertz CT molecular complexity index is 1270. The van der Waals surface area contributed by atoms with Crippen LogP contribution in [0.1, 0.15) is 65.5 Å². The summed E-state index contributed by atoms with van der Waals surface area (Å²) in [5.74, 6) is 1.29. The van der Waals surface area contributed by atoms with Crippen LogP contribution in [0.4, 0.5) is 0 Å². The Kier molecular flexibility index (Phi) is 10.5. The van der Waals surface area contributed by atoms with E-state index in [9.17, 15) is 4.79 Å². The Balaban J connectivity index is 1.96. The first-order chi connectivity index (χ1) is 18.7. The molecule has 0 spiro atoms. The number of rotatable bonds is 9. The summed E-state index contributed by atoms with van der Waals surface area (Å²) in [6, 6.07) is 19.1. The van der Waals surface area contributed by atoms with Crippen LogP contribution in [0.25, 0.3) is 11.1 Å². The second-order valence-corrected chi connectivity index (χ2v) is 18.0. The Morgan fingerprint density at radius 3 is 2.15 bits per heavy atom. The van der Waals surface area contributed by atoms with Crippen LogP contribution in [-0.4, -0.2) is 25.8 Å². The average Bonchev–Trinajstić information content (AvgIpc) is 2.87. The van der Waals surface area contributed by atoms with E-state index in [1.165, 1.54) is 28.3 Å². The van der Waals surface area contributed by atoms with Gasteiger partial charge in [0.2, 0.25) is 8.32 Å². The summed E-state index contributed by atoms with van der Waals surface area (Å²) < 4.78 is 12.0. The molecule has 2 aromatic carbocycles. The first kappa shape index (κ1) is 31.7. The van der Waals surface area contributed by atoms with Gasteiger partial charge in [0.05, 0.1) is 0 Å². The van der Waals surface area contributed by atoms with Gasteiger partial charge < -0.3 is 9.16 Å². The minimum atomic E-state index is -1.93. The van der Waals surface area contributed by atoms with E-state index in [-0.39, 0.29) is 16.9 Å². The van der Waals surface area contributed by atoms with Gasteiger partial charge in [-0.1, -0.05) is 81.5 Å². The fourth-order valence-corrected chi connectivity index (χ4v) is 5.63. The van der Waals surface area contributed by atoms with Gasteiger partial charge in [-0.25, -0.2) is 4.79 Å². The maximum absolute atomic E-state index is 12.2. The van der Waals surface area contributed by atoms with Crippen LogP contribution in [0.3, 0.4) is 0 Å². The van der Waals surface area contributed by atoms with Crippen molar-refractivity contribution in [1.82, 2.24) is 0 Å². The number of ether oxygens (including phenoxy) is 1. The number of benzene rings is 2. The third kappa shape index (κ3) is 8.84. The molecule has 214 valence electrons. The lowest BCUT2D eigenvalue weighted by atomic mass is 9.80. The van der Waals surface area contributed by atoms with E-state index < -0.39 is 13.9 Å². The van der Waals surface area contributed by atoms with Gasteiger partial charge in [-0.2, -0.15) is 0 Å². The van der Waals surface area contributed by atoms with Crippen LogP contribution in [0, 0.1) is 5.92 Å². The molecule has 3 nitrogen and oxygen atoms in total. The molecule has 0 heterocycles. The van der Waals surface area contributed by atoms with Gasteiger partial charge in [-0.3, -0.25) is 0 Å². The van der Waals surface area contributed by atoms with E-state index in [2.05, 4.69) is 101 Å². The molecule has 0 bridgehead atoms. The highest BCUT2D eigenvalue weighted by atomic mass is 35.5. The van der Waals surface area contributed by atoms with Crippen molar-refractivity contribution in [3.63, 3.8) is 0 Å². The monoisotopic (exact) mass is 576 g/mol. The third-order valence-corrected chi connectivity index (χ3v) is 12.0. The molecule has 40 heavy (non-hydrogen) atoms. The molecule has 0 N–H and O–H groups in total. The summed E-state index contributed by atoms with van der Waals surface area (Å²) in [5.41, 5.74) is 5.37. The lowest BCUT2D eigenvalue weighted by Crippen LogP contribution is -2.43. The lowest BCUT2D eigenvalue weighted by molar-refractivity contribution is -0.148. The zero-order chi connectivity index (χ0) is 29.6. The summed E-state index contributed by atoms with van der Waals surface area (Å²) in [5, 5.41) is 0.131. The van der Waals surface area contributed by atoms with Gasteiger partial charge in [0.15, 0.2) is 0 Å². The summed E-state index contributed by atoms with van der Waals surface area (Å²) in [6.07, 6.45) is 11.4. The highest BCUT2D eigenvalue weighted by Gasteiger charge is 2.39. The van der Waals surface area contributed by atoms with E-state index in [0.717, 1.165) is 24.2 Å². The summed E-state index contributed by atoms with van der Waals surface area (Å²) in [7, 11) is -1.93. The number of allylic oxidation sites excluding steroid dienone is 7. The number of carbonyl (C=O) groups is 1. The molecule has 0 saturated heterocycles. The molecule has 0 aromatic heterocycles. The van der Waals surface area contributed by atoms with Crippen molar-refractivity contribution >= 4 is 37.0 Å². The first-order valence-electron chi connectivity index (χ1n) is 14.1.